The number of pyridine rings is 1. The first-order valence-corrected chi connectivity index (χ1v) is 7.28. The van der Waals surface area contributed by atoms with Gasteiger partial charge in [-0.3, -0.25) is 4.79 Å². The summed E-state index contributed by atoms with van der Waals surface area (Å²) < 4.78 is 5.02. The molecule has 0 aliphatic heterocycles. The normalized spacial score (nSPS) is 22.3. The summed E-state index contributed by atoms with van der Waals surface area (Å²) in [4.78, 5) is 16.5. The number of carbonyl (C=O) groups excluding carboxylic acids is 1. The van der Waals surface area contributed by atoms with Crippen molar-refractivity contribution in [1.29, 1.82) is 0 Å². The van der Waals surface area contributed by atoms with E-state index in [1.165, 1.54) is 5.57 Å². The van der Waals surface area contributed by atoms with Crippen LogP contribution in [-0.4, -0.2) is 18.0 Å². The van der Waals surface area contributed by atoms with Crippen LogP contribution in [0, 0.1) is 17.3 Å². The number of aromatic nitrogens is 1. The van der Waals surface area contributed by atoms with Crippen molar-refractivity contribution in [2.45, 2.75) is 34.2 Å². The largest absolute Gasteiger partial charge is 0.481 e. The second-order valence-corrected chi connectivity index (χ2v) is 6.50. The van der Waals surface area contributed by atoms with E-state index >= 15 is 0 Å². The number of rotatable bonds is 5. The molecule has 0 bridgehead atoms. The van der Waals surface area contributed by atoms with Crippen molar-refractivity contribution < 1.29 is 9.53 Å². The lowest BCUT2D eigenvalue weighted by atomic mass is 10.1. The summed E-state index contributed by atoms with van der Waals surface area (Å²) in [5.41, 5.74) is 2.29. The van der Waals surface area contributed by atoms with Crippen molar-refractivity contribution in [1.82, 2.24) is 10.3 Å². The summed E-state index contributed by atoms with van der Waals surface area (Å²) >= 11 is 0. The quantitative estimate of drug-likeness (QED) is 0.848. The van der Waals surface area contributed by atoms with Crippen molar-refractivity contribution in [2.75, 3.05) is 7.11 Å². The van der Waals surface area contributed by atoms with Crippen LogP contribution >= 0.6 is 0 Å². The molecule has 0 radical (unpaired) electrons. The van der Waals surface area contributed by atoms with Crippen molar-refractivity contribution >= 4 is 5.91 Å². The molecule has 0 saturated heterocycles. The minimum atomic E-state index is 0.0551. The van der Waals surface area contributed by atoms with Gasteiger partial charge in [0, 0.05) is 18.8 Å². The molecule has 1 aliphatic rings. The fourth-order valence-corrected chi connectivity index (χ4v) is 2.78. The Labute approximate surface area is 126 Å². The van der Waals surface area contributed by atoms with E-state index < -0.39 is 0 Å². The van der Waals surface area contributed by atoms with Crippen molar-refractivity contribution in [2.24, 2.45) is 17.3 Å². The predicted molar refractivity (Wildman–Crippen MR) is 82.8 cm³/mol. The molecule has 2 rings (SSSR count). The lowest BCUT2D eigenvalue weighted by Gasteiger charge is -2.06. The number of allylic oxidation sites excluding steroid dienone is 2. The summed E-state index contributed by atoms with van der Waals surface area (Å²) in [5.74, 6) is 1.12. The van der Waals surface area contributed by atoms with Gasteiger partial charge in [-0.1, -0.05) is 31.6 Å². The number of nitrogens with zero attached hydrogens (tertiary/aromatic N) is 1. The fourth-order valence-electron chi connectivity index (χ4n) is 2.78. The highest BCUT2D eigenvalue weighted by molar-refractivity contribution is 5.83. The first-order valence-electron chi connectivity index (χ1n) is 7.28. The Kier molecular flexibility index (Phi) is 4.35. The highest BCUT2D eigenvalue weighted by Gasteiger charge is 2.60. The van der Waals surface area contributed by atoms with Gasteiger partial charge in [0.1, 0.15) is 0 Å². The molecular weight excluding hydrogens is 264 g/mol. The van der Waals surface area contributed by atoms with Crippen molar-refractivity contribution in [3.63, 3.8) is 0 Å². The smallest absolute Gasteiger partial charge is 0.224 e. The molecule has 1 aromatic heterocycles. The van der Waals surface area contributed by atoms with Crippen LogP contribution in [0.2, 0.25) is 0 Å². The third-order valence-electron chi connectivity index (χ3n) is 4.18. The van der Waals surface area contributed by atoms with Crippen LogP contribution in [0.1, 0.15) is 33.3 Å². The van der Waals surface area contributed by atoms with E-state index in [-0.39, 0.29) is 17.2 Å². The number of methoxy groups -OCH3 is 1. The average molecular weight is 288 g/mol. The molecule has 0 unspecified atom stereocenters. The highest BCUT2D eigenvalue weighted by atomic mass is 16.5. The van der Waals surface area contributed by atoms with E-state index in [0.29, 0.717) is 18.3 Å². The van der Waals surface area contributed by atoms with Gasteiger partial charge in [0.05, 0.1) is 13.0 Å². The Morgan fingerprint density at radius 1 is 1.43 bits per heavy atom. The maximum atomic E-state index is 12.3. The van der Waals surface area contributed by atoms with E-state index in [0.717, 1.165) is 5.56 Å². The van der Waals surface area contributed by atoms with Crippen LogP contribution in [0.4, 0.5) is 0 Å². The third kappa shape index (κ3) is 3.43. The number of hydrogen-bond donors (Lipinski definition) is 1. The third-order valence-corrected chi connectivity index (χ3v) is 4.18. The zero-order valence-corrected chi connectivity index (χ0v) is 13.4. The Hall–Kier alpha value is -1.84. The number of ether oxygens (including phenoxy) is 1. The van der Waals surface area contributed by atoms with Gasteiger partial charge in [-0.2, -0.15) is 0 Å². The number of nitrogens with one attached hydrogen (secondary N) is 1. The number of hydrogen-bond acceptors (Lipinski definition) is 3. The summed E-state index contributed by atoms with van der Waals surface area (Å²) in [6, 6.07) is 3.71. The number of amides is 1. The average Bonchev–Trinajstić information content (AvgIpc) is 2.97. The molecule has 1 aromatic rings. The van der Waals surface area contributed by atoms with Crippen LogP contribution < -0.4 is 10.1 Å². The summed E-state index contributed by atoms with van der Waals surface area (Å²) in [6.45, 7) is 8.95. The molecular formula is C17H24N2O2. The maximum absolute atomic E-state index is 12.3. The lowest BCUT2D eigenvalue weighted by Crippen LogP contribution is -2.26. The molecule has 21 heavy (non-hydrogen) atoms. The molecule has 1 saturated carbocycles. The molecule has 1 fully saturated rings. The van der Waals surface area contributed by atoms with Crippen molar-refractivity contribution in [3.8, 4) is 5.88 Å². The van der Waals surface area contributed by atoms with Crippen LogP contribution in [0.5, 0.6) is 5.88 Å². The van der Waals surface area contributed by atoms with E-state index in [2.05, 4.69) is 44.1 Å². The standard InChI is InChI=1S/C17H24N2O2/c1-11(2)8-13-15(17(13,3)4)16(20)19-10-12-6-7-14(21-5)18-9-12/h6-9,13,15H,10H2,1-5H3,(H,19,20)/t13-,15-/m1/s1. The predicted octanol–water partition coefficient (Wildman–Crippen LogP) is 2.94. The highest BCUT2D eigenvalue weighted by Crippen LogP contribution is 2.59. The first kappa shape index (κ1) is 15.5. The minimum absolute atomic E-state index is 0.0551. The molecule has 2 atom stereocenters. The first-order chi connectivity index (χ1) is 9.86. The van der Waals surface area contributed by atoms with E-state index in [9.17, 15) is 4.79 Å². The second-order valence-electron chi connectivity index (χ2n) is 6.50. The van der Waals surface area contributed by atoms with Gasteiger partial charge in [-0.15, -0.1) is 0 Å². The molecule has 0 aromatic carbocycles. The van der Waals surface area contributed by atoms with Crippen molar-refractivity contribution in [3.05, 3.63) is 35.5 Å². The fraction of sp³-hybridized carbons (Fsp3) is 0.529. The van der Waals surface area contributed by atoms with Crippen LogP contribution in [0.15, 0.2) is 30.0 Å². The van der Waals surface area contributed by atoms with Gasteiger partial charge < -0.3 is 10.1 Å². The molecule has 4 nitrogen and oxygen atoms in total. The van der Waals surface area contributed by atoms with E-state index in [1.807, 2.05) is 6.07 Å². The van der Waals surface area contributed by atoms with Gasteiger partial charge in [0.25, 0.3) is 0 Å². The minimum Gasteiger partial charge on any atom is -0.481 e. The Balaban J connectivity index is 1.92. The van der Waals surface area contributed by atoms with E-state index in [1.54, 1.807) is 19.4 Å². The Morgan fingerprint density at radius 2 is 2.14 bits per heavy atom. The molecule has 114 valence electrons. The van der Waals surface area contributed by atoms with Crippen LogP contribution in [-0.2, 0) is 11.3 Å². The van der Waals surface area contributed by atoms with Gasteiger partial charge in [-0.05, 0) is 30.7 Å². The summed E-state index contributed by atoms with van der Waals surface area (Å²) in [7, 11) is 1.59. The summed E-state index contributed by atoms with van der Waals surface area (Å²) in [6.07, 6.45) is 3.93. The molecule has 0 spiro atoms. The Morgan fingerprint density at radius 3 is 2.67 bits per heavy atom. The van der Waals surface area contributed by atoms with Gasteiger partial charge in [0.2, 0.25) is 11.8 Å². The monoisotopic (exact) mass is 288 g/mol. The Bertz CT molecular complexity index is 542. The molecule has 4 heteroatoms. The van der Waals surface area contributed by atoms with Crippen LogP contribution in [0.3, 0.4) is 0 Å². The molecule has 1 aliphatic carbocycles. The second kappa shape index (κ2) is 5.88. The van der Waals surface area contributed by atoms with E-state index in [4.69, 9.17) is 4.74 Å². The topological polar surface area (TPSA) is 51.2 Å². The van der Waals surface area contributed by atoms with Crippen LogP contribution in [0.25, 0.3) is 0 Å². The lowest BCUT2D eigenvalue weighted by molar-refractivity contribution is -0.123. The number of carbonyl (C=O) groups is 1. The van der Waals surface area contributed by atoms with Gasteiger partial charge >= 0.3 is 0 Å². The van der Waals surface area contributed by atoms with Gasteiger partial charge in [0.15, 0.2) is 0 Å². The summed E-state index contributed by atoms with van der Waals surface area (Å²) in [5, 5.41) is 3.01. The maximum Gasteiger partial charge on any atom is 0.224 e. The SMILES string of the molecule is COc1ccc(CNC(=O)[C@H]2[C@@H](C=C(C)C)C2(C)C)cn1. The molecule has 1 amide bonds. The molecule has 1 heterocycles. The zero-order chi connectivity index (χ0) is 15.6. The van der Waals surface area contributed by atoms with Gasteiger partial charge in [-0.25, -0.2) is 4.98 Å². The zero-order valence-electron chi connectivity index (χ0n) is 13.4. The molecule has 1 N–H and O–H groups in total.